The molecule has 6 heteroatoms. The average molecular weight is 323 g/mol. The number of ether oxygens (including phenoxy) is 2. The molecule has 0 amide bonds. The van der Waals surface area contributed by atoms with Crippen LogP contribution in [0.5, 0.6) is 0 Å². The van der Waals surface area contributed by atoms with Crippen LogP contribution in [0.25, 0.3) is 0 Å². The zero-order valence-corrected chi connectivity index (χ0v) is 14.4. The maximum Gasteiger partial charge on any atom is 0.117 e. The molecule has 0 radical (unpaired) electrons. The third-order valence-corrected chi connectivity index (χ3v) is 4.61. The molecular weight excluding hydrogens is 294 g/mol. The first-order valence-electron chi connectivity index (χ1n) is 8.47. The van der Waals surface area contributed by atoms with Crippen LogP contribution in [0, 0.1) is 0 Å². The van der Waals surface area contributed by atoms with E-state index in [9.17, 15) is 0 Å². The smallest absolute Gasteiger partial charge is 0.117 e. The second-order valence-corrected chi connectivity index (χ2v) is 7.01. The zero-order valence-electron chi connectivity index (χ0n) is 14.4. The van der Waals surface area contributed by atoms with Gasteiger partial charge in [0.05, 0.1) is 32.3 Å². The molecule has 1 spiro atoms. The number of hydrogen-bond donors (Lipinski definition) is 0. The summed E-state index contributed by atoms with van der Waals surface area (Å²) in [5.74, 6) is 0. The maximum absolute atomic E-state index is 6.23. The molecular formula is C17H29N3O3. The molecule has 2 aliphatic heterocycles. The van der Waals surface area contributed by atoms with Gasteiger partial charge in [0.2, 0.25) is 0 Å². The summed E-state index contributed by atoms with van der Waals surface area (Å²) in [6, 6.07) is 2.04. The lowest BCUT2D eigenvalue weighted by Gasteiger charge is -2.43. The van der Waals surface area contributed by atoms with Crippen LogP contribution in [0.1, 0.15) is 5.56 Å². The summed E-state index contributed by atoms with van der Waals surface area (Å²) in [4.78, 5) is 7.16. The molecule has 2 fully saturated rings. The highest BCUT2D eigenvalue weighted by Crippen LogP contribution is 2.23. The number of furan rings is 1. The van der Waals surface area contributed by atoms with Crippen LogP contribution < -0.4 is 0 Å². The second kappa shape index (κ2) is 7.77. The minimum Gasteiger partial charge on any atom is -0.472 e. The Morgan fingerprint density at radius 1 is 1.17 bits per heavy atom. The molecule has 1 atom stereocenters. The van der Waals surface area contributed by atoms with Crippen molar-refractivity contribution < 1.29 is 13.9 Å². The van der Waals surface area contributed by atoms with Crippen LogP contribution in [-0.2, 0) is 16.0 Å². The van der Waals surface area contributed by atoms with Gasteiger partial charge < -0.3 is 18.8 Å². The van der Waals surface area contributed by atoms with Gasteiger partial charge in [-0.3, -0.25) is 9.80 Å². The third-order valence-electron chi connectivity index (χ3n) is 4.61. The minimum absolute atomic E-state index is 0.204. The van der Waals surface area contributed by atoms with Gasteiger partial charge in [0.1, 0.15) is 5.60 Å². The van der Waals surface area contributed by atoms with Gasteiger partial charge in [-0.2, -0.15) is 0 Å². The predicted molar refractivity (Wildman–Crippen MR) is 88.5 cm³/mol. The van der Waals surface area contributed by atoms with E-state index in [2.05, 4.69) is 28.8 Å². The van der Waals surface area contributed by atoms with Crippen LogP contribution in [0.2, 0.25) is 0 Å². The lowest BCUT2D eigenvalue weighted by molar-refractivity contribution is -0.143. The Labute approximate surface area is 138 Å². The van der Waals surface area contributed by atoms with E-state index in [1.807, 2.05) is 12.3 Å². The van der Waals surface area contributed by atoms with E-state index in [0.717, 1.165) is 59.0 Å². The Balaban J connectivity index is 1.61. The molecule has 3 rings (SSSR count). The standard InChI is InChI=1S/C17H29N3O3/c1-18(2)4-5-19-6-9-22-15-17(13-19)14-20(7-10-23-17)11-16-3-8-21-12-16/h3,8,12H,4-7,9-11,13-15H2,1-2H3. The molecule has 0 saturated carbocycles. The van der Waals surface area contributed by atoms with Crippen molar-refractivity contribution in [2.75, 3.05) is 73.2 Å². The van der Waals surface area contributed by atoms with Crippen molar-refractivity contribution >= 4 is 0 Å². The number of hydrogen-bond acceptors (Lipinski definition) is 6. The predicted octanol–water partition coefficient (Wildman–Crippen LogP) is 0.744. The molecule has 0 aromatic carbocycles. The summed E-state index contributed by atoms with van der Waals surface area (Å²) in [6.07, 6.45) is 3.57. The van der Waals surface area contributed by atoms with E-state index in [0.29, 0.717) is 6.61 Å². The molecule has 1 unspecified atom stereocenters. The number of nitrogens with zero attached hydrogens (tertiary/aromatic N) is 3. The molecule has 0 aliphatic carbocycles. The third kappa shape index (κ3) is 4.78. The van der Waals surface area contributed by atoms with Gasteiger partial charge in [-0.1, -0.05) is 0 Å². The van der Waals surface area contributed by atoms with Crippen molar-refractivity contribution in [2.45, 2.75) is 12.1 Å². The molecule has 2 saturated heterocycles. The van der Waals surface area contributed by atoms with Crippen molar-refractivity contribution in [1.29, 1.82) is 0 Å². The topological polar surface area (TPSA) is 41.3 Å². The second-order valence-electron chi connectivity index (χ2n) is 7.01. The van der Waals surface area contributed by atoms with E-state index >= 15 is 0 Å². The van der Waals surface area contributed by atoms with E-state index < -0.39 is 0 Å². The first-order valence-corrected chi connectivity index (χ1v) is 8.47. The van der Waals surface area contributed by atoms with E-state index in [1.165, 1.54) is 5.56 Å². The SMILES string of the molecule is CN(C)CCN1CCOCC2(C1)CN(Cc1ccoc1)CCO2. The van der Waals surface area contributed by atoms with Gasteiger partial charge in [0.15, 0.2) is 0 Å². The number of likely N-dealkylation sites (N-methyl/N-ethyl adjacent to an activating group) is 1. The van der Waals surface area contributed by atoms with Crippen molar-refractivity contribution in [1.82, 2.24) is 14.7 Å². The monoisotopic (exact) mass is 323 g/mol. The Hall–Kier alpha value is -0.920. The lowest BCUT2D eigenvalue weighted by Crippen LogP contribution is -2.58. The van der Waals surface area contributed by atoms with Crippen LogP contribution in [0.15, 0.2) is 23.0 Å². The molecule has 0 N–H and O–H groups in total. The fourth-order valence-corrected chi connectivity index (χ4v) is 3.40. The van der Waals surface area contributed by atoms with Gasteiger partial charge in [-0.25, -0.2) is 0 Å². The van der Waals surface area contributed by atoms with Crippen molar-refractivity contribution in [2.24, 2.45) is 0 Å². The van der Waals surface area contributed by atoms with Gasteiger partial charge in [0.25, 0.3) is 0 Å². The molecule has 1 aromatic rings. The molecule has 0 bridgehead atoms. The van der Waals surface area contributed by atoms with Crippen molar-refractivity contribution in [3.05, 3.63) is 24.2 Å². The Bertz CT molecular complexity index is 466. The Morgan fingerprint density at radius 2 is 2.00 bits per heavy atom. The zero-order chi connectivity index (χ0) is 16.1. The highest BCUT2D eigenvalue weighted by Gasteiger charge is 2.40. The summed E-state index contributed by atoms with van der Waals surface area (Å²) in [5.41, 5.74) is 1.02. The average Bonchev–Trinajstić information content (AvgIpc) is 2.94. The van der Waals surface area contributed by atoms with E-state index in [1.54, 1.807) is 6.26 Å². The fourth-order valence-electron chi connectivity index (χ4n) is 3.40. The van der Waals surface area contributed by atoms with E-state index in [4.69, 9.17) is 13.9 Å². The fraction of sp³-hybridized carbons (Fsp3) is 0.765. The quantitative estimate of drug-likeness (QED) is 0.796. The van der Waals surface area contributed by atoms with E-state index in [-0.39, 0.29) is 5.60 Å². The summed E-state index contributed by atoms with van der Waals surface area (Å²) >= 11 is 0. The van der Waals surface area contributed by atoms with Crippen LogP contribution in [-0.4, -0.2) is 93.5 Å². The molecule has 1 aromatic heterocycles. The molecule has 3 heterocycles. The largest absolute Gasteiger partial charge is 0.472 e. The lowest BCUT2D eigenvalue weighted by atomic mass is 10.0. The molecule has 6 nitrogen and oxygen atoms in total. The summed E-state index contributed by atoms with van der Waals surface area (Å²) in [6.45, 7) is 9.10. The molecule has 130 valence electrons. The van der Waals surface area contributed by atoms with Gasteiger partial charge >= 0.3 is 0 Å². The Kier molecular flexibility index (Phi) is 5.71. The van der Waals surface area contributed by atoms with Crippen molar-refractivity contribution in [3.63, 3.8) is 0 Å². The van der Waals surface area contributed by atoms with Gasteiger partial charge in [-0.15, -0.1) is 0 Å². The summed E-state index contributed by atoms with van der Waals surface area (Å²) < 4.78 is 17.3. The highest BCUT2D eigenvalue weighted by molar-refractivity contribution is 5.06. The van der Waals surface area contributed by atoms with Gasteiger partial charge in [0, 0.05) is 51.4 Å². The van der Waals surface area contributed by atoms with Gasteiger partial charge in [-0.05, 0) is 20.2 Å². The van der Waals surface area contributed by atoms with Crippen molar-refractivity contribution in [3.8, 4) is 0 Å². The Morgan fingerprint density at radius 3 is 2.78 bits per heavy atom. The van der Waals surface area contributed by atoms with Crippen LogP contribution in [0.4, 0.5) is 0 Å². The maximum atomic E-state index is 6.23. The summed E-state index contributed by atoms with van der Waals surface area (Å²) in [7, 11) is 4.24. The highest BCUT2D eigenvalue weighted by atomic mass is 16.5. The number of rotatable bonds is 5. The van der Waals surface area contributed by atoms with Crippen LogP contribution >= 0.6 is 0 Å². The first kappa shape index (κ1) is 16.9. The van der Waals surface area contributed by atoms with Crippen LogP contribution in [0.3, 0.4) is 0 Å². The molecule has 23 heavy (non-hydrogen) atoms. The first-order chi connectivity index (χ1) is 11.2. The molecule has 2 aliphatic rings. The minimum atomic E-state index is -0.204. The number of morpholine rings is 1. The summed E-state index contributed by atoms with van der Waals surface area (Å²) in [5, 5.41) is 0. The normalized spacial score (nSPS) is 27.6.